The highest BCUT2D eigenvalue weighted by Gasteiger charge is 2.29. The molecule has 1 aliphatic rings. The Hall–Kier alpha value is -1.11. The molecule has 0 bridgehead atoms. The zero-order valence-electron chi connectivity index (χ0n) is 11.4. The third-order valence-electron chi connectivity index (χ3n) is 3.59. The zero-order valence-corrected chi connectivity index (χ0v) is 12.3. The van der Waals surface area contributed by atoms with Gasteiger partial charge in [0, 0.05) is 31.7 Å². The fraction of sp³-hybridized carbons (Fsp3) is 0.500. The average Bonchev–Trinajstić information content (AvgIpc) is 2.46. The highest BCUT2D eigenvalue weighted by molar-refractivity contribution is 7.80. The Morgan fingerprint density at radius 3 is 2.45 bits per heavy atom. The van der Waals surface area contributed by atoms with Crippen molar-refractivity contribution in [1.82, 2.24) is 9.80 Å². The Kier molecular flexibility index (Phi) is 5.01. The van der Waals surface area contributed by atoms with Crippen molar-refractivity contribution in [2.45, 2.75) is 18.4 Å². The van der Waals surface area contributed by atoms with Crippen LogP contribution in [-0.2, 0) is 4.79 Å². The molecule has 2 rings (SSSR count). The molecule has 0 aromatic heterocycles. The van der Waals surface area contributed by atoms with E-state index in [1.165, 1.54) is 18.2 Å². The molecule has 1 heterocycles. The number of hydrogen-bond donors (Lipinski definition) is 2. The van der Waals surface area contributed by atoms with Gasteiger partial charge in [0.05, 0.1) is 5.37 Å². The number of aliphatic hydroxyl groups excluding tert-OH is 1. The summed E-state index contributed by atoms with van der Waals surface area (Å²) in [5.41, 5.74) is 0.0301. The first kappa shape index (κ1) is 15.3. The maximum atomic E-state index is 13.6. The lowest BCUT2D eigenvalue weighted by molar-refractivity contribution is -0.142. The normalized spacial score (nSPS) is 19.7. The lowest BCUT2D eigenvalue weighted by Gasteiger charge is -2.37. The lowest BCUT2D eigenvalue weighted by atomic mass is 10.1. The van der Waals surface area contributed by atoms with E-state index in [0.717, 1.165) is 0 Å². The SMILES string of the molecule is CC(S)N1CCN(C(=O)C(O)c2ccccc2F)CC1. The van der Waals surface area contributed by atoms with Gasteiger partial charge in [-0.2, -0.15) is 12.6 Å². The fourth-order valence-electron chi connectivity index (χ4n) is 2.32. The summed E-state index contributed by atoms with van der Waals surface area (Å²) in [5, 5.41) is 10.2. The second kappa shape index (κ2) is 6.56. The van der Waals surface area contributed by atoms with Gasteiger partial charge < -0.3 is 10.0 Å². The van der Waals surface area contributed by atoms with Crippen LogP contribution in [0, 0.1) is 5.82 Å². The quantitative estimate of drug-likeness (QED) is 0.826. The Morgan fingerprint density at radius 2 is 1.90 bits per heavy atom. The predicted molar refractivity (Wildman–Crippen MR) is 78.0 cm³/mol. The van der Waals surface area contributed by atoms with Crippen LogP contribution < -0.4 is 0 Å². The Bertz CT molecular complexity index is 476. The topological polar surface area (TPSA) is 43.8 Å². The molecule has 110 valence electrons. The van der Waals surface area contributed by atoms with E-state index in [2.05, 4.69) is 17.5 Å². The number of thiol groups is 1. The number of carbonyl (C=O) groups is 1. The van der Waals surface area contributed by atoms with Gasteiger partial charge in [-0.15, -0.1) is 0 Å². The molecular weight excluding hydrogens is 279 g/mol. The second-order valence-electron chi connectivity index (χ2n) is 4.92. The minimum Gasteiger partial charge on any atom is -0.378 e. The number of aliphatic hydroxyl groups is 1. The van der Waals surface area contributed by atoms with Crippen LogP contribution in [0.1, 0.15) is 18.6 Å². The minimum atomic E-state index is -1.43. The predicted octanol–water partition coefficient (Wildman–Crippen LogP) is 1.28. The van der Waals surface area contributed by atoms with E-state index in [9.17, 15) is 14.3 Å². The van der Waals surface area contributed by atoms with Crippen molar-refractivity contribution in [3.63, 3.8) is 0 Å². The first-order chi connectivity index (χ1) is 9.50. The summed E-state index contributed by atoms with van der Waals surface area (Å²) in [6.07, 6.45) is -1.43. The van der Waals surface area contributed by atoms with Crippen LogP contribution in [0.2, 0.25) is 0 Å². The number of halogens is 1. The average molecular weight is 298 g/mol. The summed E-state index contributed by atoms with van der Waals surface area (Å²) in [7, 11) is 0. The van der Waals surface area contributed by atoms with Gasteiger partial charge in [-0.25, -0.2) is 4.39 Å². The third kappa shape index (κ3) is 3.31. The number of amides is 1. The second-order valence-corrected chi connectivity index (χ2v) is 5.66. The van der Waals surface area contributed by atoms with Crippen LogP contribution in [0.4, 0.5) is 4.39 Å². The van der Waals surface area contributed by atoms with Gasteiger partial charge in [-0.05, 0) is 13.0 Å². The molecule has 1 amide bonds. The van der Waals surface area contributed by atoms with Crippen molar-refractivity contribution >= 4 is 18.5 Å². The first-order valence-electron chi connectivity index (χ1n) is 6.64. The molecule has 0 spiro atoms. The minimum absolute atomic E-state index is 0.0301. The van der Waals surface area contributed by atoms with Gasteiger partial charge in [0.15, 0.2) is 6.10 Å². The largest absolute Gasteiger partial charge is 0.378 e. The van der Waals surface area contributed by atoms with Crippen LogP contribution in [0.5, 0.6) is 0 Å². The van der Waals surface area contributed by atoms with Crippen LogP contribution in [0.25, 0.3) is 0 Å². The maximum Gasteiger partial charge on any atom is 0.256 e. The van der Waals surface area contributed by atoms with Crippen molar-refractivity contribution in [3.05, 3.63) is 35.6 Å². The first-order valence-corrected chi connectivity index (χ1v) is 7.15. The van der Waals surface area contributed by atoms with E-state index in [0.29, 0.717) is 26.2 Å². The van der Waals surface area contributed by atoms with Crippen molar-refractivity contribution in [2.75, 3.05) is 26.2 Å². The zero-order chi connectivity index (χ0) is 14.7. The molecule has 2 atom stereocenters. The molecule has 2 unspecified atom stereocenters. The maximum absolute atomic E-state index is 13.6. The molecule has 0 saturated carbocycles. The molecule has 20 heavy (non-hydrogen) atoms. The number of rotatable bonds is 3. The van der Waals surface area contributed by atoms with Gasteiger partial charge in [0.1, 0.15) is 5.82 Å². The molecule has 1 aromatic carbocycles. The molecular formula is C14H19FN2O2S. The van der Waals surface area contributed by atoms with Crippen LogP contribution in [-0.4, -0.2) is 52.4 Å². The van der Waals surface area contributed by atoms with Gasteiger partial charge >= 0.3 is 0 Å². The third-order valence-corrected chi connectivity index (χ3v) is 3.91. The summed E-state index contributed by atoms with van der Waals surface area (Å²) in [6.45, 7) is 4.44. The summed E-state index contributed by atoms with van der Waals surface area (Å²) in [6, 6.07) is 5.81. The summed E-state index contributed by atoms with van der Waals surface area (Å²) < 4.78 is 13.6. The Balaban J connectivity index is 2.00. The number of carbonyl (C=O) groups excluding carboxylic acids is 1. The molecule has 1 N–H and O–H groups in total. The Labute approximate surface area is 123 Å². The molecule has 1 aromatic rings. The van der Waals surface area contributed by atoms with Crippen LogP contribution in [0.15, 0.2) is 24.3 Å². The molecule has 6 heteroatoms. The van der Waals surface area contributed by atoms with Gasteiger partial charge in [0.2, 0.25) is 0 Å². The summed E-state index contributed by atoms with van der Waals surface area (Å²) >= 11 is 4.36. The molecule has 1 fully saturated rings. The highest BCUT2D eigenvalue weighted by Crippen LogP contribution is 2.20. The summed E-state index contributed by atoms with van der Waals surface area (Å²) in [4.78, 5) is 15.9. The number of nitrogens with zero attached hydrogens (tertiary/aromatic N) is 2. The van der Waals surface area contributed by atoms with E-state index in [4.69, 9.17) is 0 Å². The van der Waals surface area contributed by atoms with Crippen molar-refractivity contribution in [1.29, 1.82) is 0 Å². The molecule has 1 saturated heterocycles. The molecule has 0 aliphatic carbocycles. The molecule has 1 aliphatic heterocycles. The van der Waals surface area contributed by atoms with Crippen molar-refractivity contribution in [3.8, 4) is 0 Å². The van der Waals surface area contributed by atoms with Crippen molar-refractivity contribution < 1.29 is 14.3 Å². The van der Waals surface area contributed by atoms with Gasteiger partial charge in [-0.3, -0.25) is 9.69 Å². The van der Waals surface area contributed by atoms with Crippen LogP contribution >= 0.6 is 12.6 Å². The number of piperazine rings is 1. The standard InChI is InChI=1S/C14H19FN2O2S/c1-10(20)16-6-8-17(9-7-16)14(19)13(18)11-4-2-3-5-12(11)15/h2-5,10,13,18,20H,6-9H2,1H3. The smallest absolute Gasteiger partial charge is 0.256 e. The van der Waals surface area contributed by atoms with Crippen molar-refractivity contribution in [2.24, 2.45) is 0 Å². The highest BCUT2D eigenvalue weighted by atomic mass is 32.1. The Morgan fingerprint density at radius 1 is 1.30 bits per heavy atom. The van der Waals surface area contributed by atoms with E-state index >= 15 is 0 Å². The van der Waals surface area contributed by atoms with Crippen LogP contribution in [0.3, 0.4) is 0 Å². The molecule has 0 radical (unpaired) electrons. The van der Waals surface area contributed by atoms with E-state index in [-0.39, 0.29) is 10.9 Å². The number of benzene rings is 1. The van der Waals surface area contributed by atoms with E-state index in [1.807, 2.05) is 6.92 Å². The lowest BCUT2D eigenvalue weighted by Crippen LogP contribution is -2.51. The van der Waals surface area contributed by atoms with E-state index < -0.39 is 17.8 Å². The fourth-order valence-corrected chi connectivity index (χ4v) is 2.55. The molecule has 4 nitrogen and oxygen atoms in total. The van der Waals surface area contributed by atoms with Gasteiger partial charge in [0.25, 0.3) is 5.91 Å². The van der Waals surface area contributed by atoms with Gasteiger partial charge in [-0.1, -0.05) is 18.2 Å². The number of hydrogen-bond acceptors (Lipinski definition) is 4. The monoisotopic (exact) mass is 298 g/mol. The summed E-state index contributed by atoms with van der Waals surface area (Å²) in [5.74, 6) is -1.00. The van der Waals surface area contributed by atoms with E-state index in [1.54, 1.807) is 11.0 Å².